The van der Waals surface area contributed by atoms with Gasteiger partial charge in [-0.05, 0) is 41.3 Å². The van der Waals surface area contributed by atoms with E-state index in [-0.39, 0.29) is 11.8 Å². The van der Waals surface area contributed by atoms with E-state index in [0.717, 1.165) is 22.0 Å². The van der Waals surface area contributed by atoms with E-state index >= 15 is 0 Å². The number of halogens is 1. The highest BCUT2D eigenvalue weighted by molar-refractivity contribution is 6.31. The first-order valence-electron chi connectivity index (χ1n) is 7.53. The van der Waals surface area contributed by atoms with E-state index in [1.54, 1.807) is 24.3 Å². The van der Waals surface area contributed by atoms with Crippen LogP contribution in [0.5, 0.6) is 0 Å². The van der Waals surface area contributed by atoms with Gasteiger partial charge in [-0.15, -0.1) is 0 Å². The second kappa shape index (κ2) is 5.65. The van der Waals surface area contributed by atoms with Gasteiger partial charge in [-0.2, -0.15) is 0 Å². The first kappa shape index (κ1) is 14.7. The summed E-state index contributed by atoms with van der Waals surface area (Å²) in [7, 11) is 0. The Hall–Kier alpha value is -2.85. The smallest absolute Gasteiger partial charge is 0.256 e. The molecule has 118 valence electrons. The molecule has 0 fully saturated rings. The Morgan fingerprint density at radius 3 is 2.75 bits per heavy atom. The summed E-state index contributed by atoms with van der Waals surface area (Å²) in [6.07, 6.45) is 0. The third-order valence-electron chi connectivity index (χ3n) is 4.15. The Kier molecular flexibility index (Phi) is 3.47. The Morgan fingerprint density at radius 1 is 1.08 bits per heavy atom. The first-order valence-corrected chi connectivity index (χ1v) is 7.91. The van der Waals surface area contributed by atoms with Gasteiger partial charge in [0.05, 0.1) is 0 Å². The lowest BCUT2D eigenvalue weighted by atomic mass is 10.0. The highest BCUT2D eigenvalue weighted by atomic mass is 35.5. The zero-order chi connectivity index (χ0) is 16.7. The van der Waals surface area contributed by atoms with Gasteiger partial charge >= 0.3 is 0 Å². The summed E-state index contributed by atoms with van der Waals surface area (Å²) in [6, 6.07) is 16.2. The van der Waals surface area contributed by atoms with Crippen LogP contribution in [0.2, 0.25) is 5.02 Å². The van der Waals surface area contributed by atoms with Gasteiger partial charge in [0.2, 0.25) is 0 Å². The van der Waals surface area contributed by atoms with Gasteiger partial charge in [-0.3, -0.25) is 9.59 Å². The van der Waals surface area contributed by atoms with Gasteiger partial charge in [0.25, 0.3) is 11.8 Å². The summed E-state index contributed by atoms with van der Waals surface area (Å²) in [4.78, 5) is 24.2. The lowest BCUT2D eigenvalue weighted by molar-refractivity contribution is 0.0950. The van der Waals surface area contributed by atoms with Crippen LogP contribution in [0.3, 0.4) is 0 Å². The number of carbonyl (C=O) groups excluding carboxylic acids is 2. The minimum Gasteiger partial charge on any atom is -0.348 e. The van der Waals surface area contributed by atoms with Crippen molar-refractivity contribution in [2.45, 2.75) is 6.54 Å². The topological polar surface area (TPSA) is 58.2 Å². The largest absolute Gasteiger partial charge is 0.348 e. The number of anilines is 1. The first-order chi connectivity index (χ1) is 11.6. The van der Waals surface area contributed by atoms with Gasteiger partial charge in [-0.1, -0.05) is 35.9 Å². The second-order valence-corrected chi connectivity index (χ2v) is 6.08. The van der Waals surface area contributed by atoms with Gasteiger partial charge < -0.3 is 10.6 Å². The molecule has 0 unspecified atom stereocenters. The molecule has 1 heterocycles. The molecule has 0 spiro atoms. The Morgan fingerprint density at radius 2 is 1.92 bits per heavy atom. The Labute approximate surface area is 143 Å². The van der Waals surface area contributed by atoms with E-state index < -0.39 is 0 Å². The summed E-state index contributed by atoms with van der Waals surface area (Å²) in [5.41, 5.74) is 2.97. The average molecular weight is 337 g/mol. The normalized spacial score (nSPS) is 12.3. The van der Waals surface area contributed by atoms with Crippen LogP contribution in [0.1, 0.15) is 26.3 Å². The minimum atomic E-state index is -0.185. The summed E-state index contributed by atoms with van der Waals surface area (Å²) in [5, 5.41) is 8.16. The molecule has 5 heteroatoms. The summed E-state index contributed by atoms with van der Waals surface area (Å²) in [6.45, 7) is 0.375. The maximum absolute atomic E-state index is 12.3. The molecule has 3 aromatic rings. The van der Waals surface area contributed by atoms with Crippen molar-refractivity contribution in [3.63, 3.8) is 0 Å². The van der Waals surface area contributed by atoms with Crippen molar-refractivity contribution < 1.29 is 9.59 Å². The molecule has 0 saturated heterocycles. The van der Waals surface area contributed by atoms with E-state index in [1.807, 2.05) is 30.3 Å². The summed E-state index contributed by atoms with van der Waals surface area (Å²) >= 11 is 5.92. The van der Waals surface area contributed by atoms with Crippen LogP contribution in [0, 0.1) is 0 Å². The van der Waals surface area contributed by atoms with Gasteiger partial charge in [0.1, 0.15) is 0 Å². The molecule has 3 aromatic carbocycles. The number of benzene rings is 3. The number of amides is 2. The fraction of sp³-hybridized carbons (Fsp3) is 0.0526. The van der Waals surface area contributed by atoms with Crippen LogP contribution < -0.4 is 10.6 Å². The number of hydrogen-bond donors (Lipinski definition) is 2. The maximum atomic E-state index is 12.3. The number of nitrogens with one attached hydrogen (secondary N) is 2. The van der Waals surface area contributed by atoms with Crippen molar-refractivity contribution in [2.75, 3.05) is 5.32 Å². The zero-order valence-electron chi connectivity index (χ0n) is 12.6. The second-order valence-electron chi connectivity index (χ2n) is 5.65. The third-order valence-corrected chi connectivity index (χ3v) is 4.39. The molecule has 1 aliphatic rings. The molecule has 0 aliphatic carbocycles. The quantitative estimate of drug-likeness (QED) is 0.759. The van der Waals surface area contributed by atoms with Crippen molar-refractivity contribution in [3.05, 3.63) is 76.3 Å². The molecular formula is C19H13ClN2O2. The maximum Gasteiger partial charge on any atom is 0.256 e. The van der Waals surface area contributed by atoms with Gasteiger partial charge in [0, 0.05) is 33.8 Å². The van der Waals surface area contributed by atoms with E-state index in [0.29, 0.717) is 22.7 Å². The molecule has 0 radical (unpaired) electrons. The van der Waals surface area contributed by atoms with Crippen LogP contribution in [0.15, 0.2) is 54.6 Å². The standard InChI is InChI=1S/C19H13ClN2O2/c20-13-4-1-3-11(9-13)18(23)21-10-12-7-8-16-17-14(12)5-2-6-15(17)19(24)22-16/h1-9H,10H2,(H,21,23)(H,22,24). The number of rotatable bonds is 3. The molecule has 2 amide bonds. The lowest BCUT2D eigenvalue weighted by Crippen LogP contribution is -2.22. The fourth-order valence-corrected chi connectivity index (χ4v) is 3.20. The minimum absolute atomic E-state index is 0.0873. The van der Waals surface area contributed by atoms with Crippen LogP contribution >= 0.6 is 11.6 Å². The molecule has 0 saturated carbocycles. The Balaban J connectivity index is 1.63. The molecule has 0 bridgehead atoms. The van der Waals surface area contributed by atoms with E-state index in [1.165, 1.54) is 0 Å². The Bertz CT molecular complexity index is 998. The van der Waals surface area contributed by atoms with Gasteiger partial charge in [-0.25, -0.2) is 0 Å². The van der Waals surface area contributed by atoms with E-state index in [9.17, 15) is 9.59 Å². The molecule has 0 aromatic heterocycles. The molecule has 2 N–H and O–H groups in total. The van der Waals surface area contributed by atoms with E-state index in [4.69, 9.17) is 11.6 Å². The average Bonchev–Trinajstić information content (AvgIpc) is 2.92. The highest BCUT2D eigenvalue weighted by Gasteiger charge is 2.22. The van der Waals surface area contributed by atoms with Crippen LogP contribution in [0.25, 0.3) is 10.8 Å². The highest BCUT2D eigenvalue weighted by Crippen LogP contribution is 2.34. The van der Waals surface area contributed by atoms with Crippen molar-refractivity contribution in [3.8, 4) is 0 Å². The van der Waals surface area contributed by atoms with E-state index in [2.05, 4.69) is 10.6 Å². The number of hydrogen-bond acceptors (Lipinski definition) is 2. The van der Waals surface area contributed by atoms with Crippen LogP contribution in [-0.2, 0) is 6.54 Å². The molecule has 0 atom stereocenters. The molecule has 4 rings (SSSR count). The predicted octanol–water partition coefficient (Wildman–Crippen LogP) is 3.99. The van der Waals surface area contributed by atoms with Crippen LogP contribution in [0.4, 0.5) is 5.69 Å². The fourth-order valence-electron chi connectivity index (χ4n) is 3.01. The lowest BCUT2D eigenvalue weighted by Gasteiger charge is -2.10. The summed E-state index contributed by atoms with van der Waals surface area (Å²) in [5.74, 6) is -0.273. The van der Waals surface area contributed by atoms with Crippen molar-refractivity contribution in [1.29, 1.82) is 0 Å². The van der Waals surface area contributed by atoms with Crippen molar-refractivity contribution >= 4 is 39.9 Å². The zero-order valence-corrected chi connectivity index (χ0v) is 13.4. The summed E-state index contributed by atoms with van der Waals surface area (Å²) < 4.78 is 0. The number of carbonyl (C=O) groups is 2. The predicted molar refractivity (Wildman–Crippen MR) is 94.5 cm³/mol. The van der Waals surface area contributed by atoms with Crippen molar-refractivity contribution in [1.82, 2.24) is 5.32 Å². The monoisotopic (exact) mass is 336 g/mol. The van der Waals surface area contributed by atoms with Crippen molar-refractivity contribution in [2.24, 2.45) is 0 Å². The molecule has 1 aliphatic heterocycles. The molecule has 4 nitrogen and oxygen atoms in total. The van der Waals surface area contributed by atoms with Crippen LogP contribution in [-0.4, -0.2) is 11.8 Å². The third kappa shape index (κ3) is 2.41. The SMILES string of the molecule is O=C(NCc1ccc2c3c(cccc13)C(=O)N2)c1cccc(Cl)c1. The molecular weight excluding hydrogens is 324 g/mol. The van der Waals surface area contributed by atoms with Gasteiger partial charge in [0.15, 0.2) is 0 Å². The molecule has 24 heavy (non-hydrogen) atoms.